The van der Waals surface area contributed by atoms with E-state index in [1.54, 1.807) is 13.8 Å². The van der Waals surface area contributed by atoms with Crippen molar-refractivity contribution in [2.24, 2.45) is 0 Å². The predicted octanol–water partition coefficient (Wildman–Crippen LogP) is 0.650. The van der Waals surface area contributed by atoms with Gasteiger partial charge in [-0.1, -0.05) is 0 Å². The van der Waals surface area contributed by atoms with Crippen molar-refractivity contribution < 1.29 is 13.2 Å². The molecule has 0 aliphatic rings. The number of nitrogens with zero attached hydrogens (tertiary/aromatic N) is 1. The molecule has 0 spiro atoms. The monoisotopic (exact) mass is 166 g/mol. The molecule has 0 aliphatic carbocycles. The van der Waals surface area contributed by atoms with Crippen molar-refractivity contribution >= 4 is 11.1 Å². The minimum atomic E-state index is -1.77. The molecule has 10 heavy (non-hydrogen) atoms. The molecule has 0 aromatic heterocycles. The number of rotatable bonds is 2. The van der Waals surface area contributed by atoms with Gasteiger partial charge in [0.2, 0.25) is 11.1 Å². The summed E-state index contributed by atoms with van der Waals surface area (Å²) in [6, 6.07) is 0. The van der Waals surface area contributed by atoms with Gasteiger partial charge in [0.25, 0.3) is 0 Å². The fourth-order valence-electron chi connectivity index (χ4n) is 0.234. The maximum atomic E-state index is 10.8. The van der Waals surface area contributed by atoms with Crippen LogP contribution in [0.15, 0.2) is 0 Å². The van der Waals surface area contributed by atoms with Crippen LogP contribution >= 0.6 is 0 Å². The molecule has 0 rings (SSSR count). The van der Waals surface area contributed by atoms with Crippen LogP contribution in [0.4, 0.5) is 0 Å². The molecule has 0 radical (unpaired) electrons. The van der Waals surface area contributed by atoms with Gasteiger partial charge < -0.3 is 9.04 Å². The summed E-state index contributed by atoms with van der Waals surface area (Å²) >= 11 is -1.77. The molecule has 0 aromatic carbocycles. The molecule has 0 amide bonds. The lowest BCUT2D eigenvalue weighted by molar-refractivity contribution is -0.903. The Bertz CT molecular complexity index is 148. The zero-order valence-corrected chi connectivity index (χ0v) is 8.03. The van der Waals surface area contributed by atoms with Crippen LogP contribution in [0.5, 0.6) is 0 Å². The first-order valence-corrected chi connectivity index (χ1v) is 4.23. The lowest BCUT2D eigenvalue weighted by Gasteiger charge is -2.37. The molecule has 62 valence electrons. The largest absolute Gasteiger partial charge is 0.314 e. The van der Waals surface area contributed by atoms with E-state index in [2.05, 4.69) is 0 Å². The Morgan fingerprint density at radius 1 is 1.30 bits per heavy atom. The standard InChI is InChI=1S/C6H15NO2S/c1-6(2,10(8)9)7(3,4)5/h1-5H3/p+1. The highest BCUT2D eigenvalue weighted by atomic mass is 32.2. The van der Waals surface area contributed by atoms with Crippen LogP contribution in [-0.2, 0) is 11.1 Å². The summed E-state index contributed by atoms with van der Waals surface area (Å²) in [5.41, 5.74) is 0. The molecule has 0 fully saturated rings. The third-order valence-corrected chi connectivity index (χ3v) is 3.45. The molecule has 4 heteroatoms. The number of hydrogen-bond acceptors (Lipinski definition) is 1. The Labute approximate surface area is 64.9 Å². The van der Waals surface area contributed by atoms with Crippen LogP contribution < -0.4 is 0 Å². The van der Waals surface area contributed by atoms with Gasteiger partial charge in [-0.05, 0) is 0 Å². The second-order valence-corrected chi connectivity index (χ2v) is 5.21. The Morgan fingerprint density at radius 3 is 1.60 bits per heavy atom. The highest BCUT2D eigenvalue weighted by Gasteiger charge is 2.38. The Balaban J connectivity index is 4.57. The zero-order chi connectivity index (χ0) is 8.58. The van der Waals surface area contributed by atoms with Crippen molar-refractivity contribution in [2.75, 3.05) is 21.1 Å². The number of quaternary nitrogens is 1. The van der Waals surface area contributed by atoms with Crippen molar-refractivity contribution in [1.82, 2.24) is 0 Å². The molecule has 1 N–H and O–H groups in total. The van der Waals surface area contributed by atoms with E-state index in [9.17, 15) is 4.21 Å². The van der Waals surface area contributed by atoms with E-state index >= 15 is 0 Å². The van der Waals surface area contributed by atoms with Gasteiger partial charge >= 0.3 is 0 Å². The van der Waals surface area contributed by atoms with E-state index in [1.807, 2.05) is 21.1 Å². The van der Waals surface area contributed by atoms with E-state index in [4.69, 9.17) is 4.55 Å². The van der Waals surface area contributed by atoms with E-state index in [0.717, 1.165) is 0 Å². The van der Waals surface area contributed by atoms with Gasteiger partial charge in [-0.3, -0.25) is 0 Å². The molecule has 0 bridgehead atoms. The lowest BCUT2D eigenvalue weighted by Crippen LogP contribution is -2.55. The average Bonchev–Trinajstić information content (AvgIpc) is 1.62. The molecule has 0 aromatic rings. The number of hydrogen-bond donors (Lipinski definition) is 1. The molecule has 0 aliphatic heterocycles. The third kappa shape index (κ3) is 1.78. The quantitative estimate of drug-likeness (QED) is 0.483. The van der Waals surface area contributed by atoms with Crippen molar-refractivity contribution in [1.29, 1.82) is 0 Å². The fraction of sp³-hybridized carbons (Fsp3) is 1.00. The van der Waals surface area contributed by atoms with Gasteiger partial charge in [-0.15, -0.1) is 0 Å². The SMILES string of the molecule is CC(C)(S(=O)O)[N+](C)(C)C. The summed E-state index contributed by atoms with van der Waals surface area (Å²) in [4.78, 5) is -0.597. The first kappa shape index (κ1) is 10.1. The summed E-state index contributed by atoms with van der Waals surface area (Å²) in [6.07, 6.45) is 0. The molecule has 0 saturated heterocycles. The maximum absolute atomic E-state index is 10.8. The molecular formula is C6H16NO2S+. The van der Waals surface area contributed by atoms with Gasteiger partial charge in [0, 0.05) is 13.8 Å². The van der Waals surface area contributed by atoms with Gasteiger partial charge in [-0.25, -0.2) is 4.21 Å². The van der Waals surface area contributed by atoms with Crippen LogP contribution in [0.25, 0.3) is 0 Å². The minimum absolute atomic E-state index is 0.482. The first-order valence-electron chi connectivity index (χ1n) is 3.12. The Hall–Kier alpha value is 0.0700. The third-order valence-electron chi connectivity index (χ3n) is 2.04. The Morgan fingerprint density at radius 2 is 1.60 bits per heavy atom. The maximum Gasteiger partial charge on any atom is 0.215 e. The van der Waals surface area contributed by atoms with Gasteiger partial charge in [0.15, 0.2) is 4.87 Å². The summed E-state index contributed by atoms with van der Waals surface area (Å²) in [6.45, 7) is 3.53. The summed E-state index contributed by atoms with van der Waals surface area (Å²) in [5.74, 6) is 0. The van der Waals surface area contributed by atoms with Crippen LogP contribution in [-0.4, -0.2) is 39.3 Å². The first-order chi connectivity index (χ1) is 4.19. The Kier molecular flexibility index (Phi) is 2.62. The van der Waals surface area contributed by atoms with Crippen molar-refractivity contribution in [3.63, 3.8) is 0 Å². The van der Waals surface area contributed by atoms with E-state index in [1.165, 1.54) is 0 Å². The van der Waals surface area contributed by atoms with Crippen molar-refractivity contribution in [3.05, 3.63) is 0 Å². The van der Waals surface area contributed by atoms with E-state index < -0.39 is 16.0 Å². The normalized spacial score (nSPS) is 17.0. The highest BCUT2D eigenvalue weighted by molar-refractivity contribution is 7.80. The van der Waals surface area contributed by atoms with Crippen LogP contribution in [0.2, 0.25) is 0 Å². The lowest BCUT2D eigenvalue weighted by atomic mass is 10.3. The van der Waals surface area contributed by atoms with Gasteiger partial charge in [0.05, 0.1) is 21.1 Å². The van der Waals surface area contributed by atoms with Crippen LogP contribution in [0.3, 0.4) is 0 Å². The molecule has 1 unspecified atom stereocenters. The van der Waals surface area contributed by atoms with Crippen molar-refractivity contribution in [3.8, 4) is 0 Å². The fourth-order valence-corrected chi connectivity index (χ4v) is 0.703. The summed E-state index contributed by atoms with van der Waals surface area (Å²) in [5, 5.41) is 0. The van der Waals surface area contributed by atoms with Gasteiger partial charge in [-0.2, -0.15) is 0 Å². The highest BCUT2D eigenvalue weighted by Crippen LogP contribution is 2.19. The molecule has 0 heterocycles. The average molecular weight is 166 g/mol. The predicted molar refractivity (Wildman–Crippen MR) is 42.9 cm³/mol. The van der Waals surface area contributed by atoms with Crippen LogP contribution in [0, 0.1) is 0 Å². The summed E-state index contributed by atoms with van der Waals surface area (Å²) in [7, 11) is 5.69. The smallest absolute Gasteiger partial charge is 0.215 e. The van der Waals surface area contributed by atoms with E-state index in [0.29, 0.717) is 4.48 Å². The van der Waals surface area contributed by atoms with Crippen LogP contribution in [0.1, 0.15) is 13.8 Å². The topological polar surface area (TPSA) is 37.3 Å². The molecule has 0 saturated carbocycles. The van der Waals surface area contributed by atoms with Gasteiger partial charge in [0.1, 0.15) is 0 Å². The zero-order valence-electron chi connectivity index (χ0n) is 7.21. The molecule has 3 nitrogen and oxygen atoms in total. The van der Waals surface area contributed by atoms with E-state index in [-0.39, 0.29) is 0 Å². The second-order valence-electron chi connectivity index (χ2n) is 3.71. The second kappa shape index (κ2) is 2.60. The molecular weight excluding hydrogens is 150 g/mol. The van der Waals surface area contributed by atoms with Crippen molar-refractivity contribution in [2.45, 2.75) is 18.7 Å². The minimum Gasteiger partial charge on any atom is -0.314 e. The molecule has 1 atom stereocenters. The summed E-state index contributed by atoms with van der Waals surface area (Å²) < 4.78 is 20.1.